The van der Waals surface area contributed by atoms with Gasteiger partial charge in [-0.05, 0) is 43.2 Å². The van der Waals surface area contributed by atoms with E-state index in [0.717, 1.165) is 18.4 Å². The molecule has 2 amide bonds. The van der Waals surface area contributed by atoms with E-state index in [1.54, 1.807) is 6.07 Å². The number of anilines is 1. The summed E-state index contributed by atoms with van der Waals surface area (Å²) in [6.07, 6.45) is 1.55. The molecular formula is C20H24F2N2O5S. The van der Waals surface area contributed by atoms with Crippen molar-refractivity contribution in [1.29, 1.82) is 0 Å². The van der Waals surface area contributed by atoms with E-state index in [9.17, 15) is 22.0 Å². The smallest absolute Gasteiger partial charge is 0.322 e. The zero-order valence-corrected chi connectivity index (χ0v) is 17.9. The fraction of sp³-hybridized carbons (Fsp3) is 0.350. The Kier molecular flexibility index (Phi) is 7.60. The Bertz CT molecular complexity index is 1010. The standard InChI is InChI=1S/C20H24F2N2O5S/c1-5-13(2)24(20(25)23-15-7-8-16(21)17(22)11-15)12-14-6-9-18(28-3)19(10-14)29-30(4,26)27/h6-11,13H,5,12H2,1-4H3,(H,23,25)/t13-/m1/s1. The van der Waals surface area contributed by atoms with Gasteiger partial charge in [0, 0.05) is 24.3 Å². The van der Waals surface area contributed by atoms with E-state index in [1.165, 1.54) is 30.2 Å². The third-order valence-corrected chi connectivity index (χ3v) is 4.86. The van der Waals surface area contributed by atoms with Gasteiger partial charge in [0.05, 0.1) is 13.4 Å². The van der Waals surface area contributed by atoms with Crippen LogP contribution in [0.2, 0.25) is 0 Å². The predicted octanol–water partition coefficient (Wildman–Crippen LogP) is 4.14. The number of benzene rings is 2. The lowest BCUT2D eigenvalue weighted by Crippen LogP contribution is -2.40. The number of amides is 2. The summed E-state index contributed by atoms with van der Waals surface area (Å²) < 4.78 is 59.7. The SMILES string of the molecule is CC[C@@H](C)N(Cc1ccc(OC)c(OS(C)(=O)=O)c1)C(=O)Nc1ccc(F)c(F)c1. The van der Waals surface area contributed by atoms with Crippen LogP contribution in [-0.2, 0) is 16.7 Å². The topological polar surface area (TPSA) is 84.9 Å². The Morgan fingerprint density at radius 1 is 1.13 bits per heavy atom. The van der Waals surface area contributed by atoms with Crippen molar-refractivity contribution in [2.24, 2.45) is 0 Å². The molecule has 1 N–H and O–H groups in total. The van der Waals surface area contributed by atoms with Gasteiger partial charge < -0.3 is 19.1 Å². The van der Waals surface area contributed by atoms with Crippen LogP contribution in [0.3, 0.4) is 0 Å². The number of ether oxygens (including phenoxy) is 1. The fourth-order valence-corrected chi connectivity index (χ4v) is 3.12. The second kappa shape index (κ2) is 9.75. The second-order valence-corrected chi connectivity index (χ2v) is 8.29. The summed E-state index contributed by atoms with van der Waals surface area (Å²) in [7, 11) is -2.40. The second-order valence-electron chi connectivity index (χ2n) is 6.72. The number of carbonyl (C=O) groups is 1. The van der Waals surface area contributed by atoms with Crippen molar-refractivity contribution in [1.82, 2.24) is 4.90 Å². The molecule has 0 aliphatic carbocycles. The van der Waals surface area contributed by atoms with Crippen LogP contribution in [-0.4, -0.2) is 38.8 Å². The van der Waals surface area contributed by atoms with Crippen LogP contribution in [0.1, 0.15) is 25.8 Å². The zero-order chi connectivity index (χ0) is 22.5. The molecule has 30 heavy (non-hydrogen) atoms. The Labute approximate surface area is 174 Å². The van der Waals surface area contributed by atoms with Crippen LogP contribution in [0, 0.1) is 11.6 Å². The molecule has 0 saturated heterocycles. The number of halogens is 2. The van der Waals surface area contributed by atoms with Crippen molar-refractivity contribution in [3.05, 3.63) is 53.6 Å². The van der Waals surface area contributed by atoms with Gasteiger partial charge in [0.1, 0.15) is 0 Å². The van der Waals surface area contributed by atoms with Gasteiger partial charge in [0.25, 0.3) is 0 Å². The van der Waals surface area contributed by atoms with Gasteiger partial charge in [-0.1, -0.05) is 13.0 Å². The number of hydrogen-bond donors (Lipinski definition) is 1. The molecule has 0 aliphatic heterocycles. The van der Waals surface area contributed by atoms with Crippen LogP contribution in [0.4, 0.5) is 19.3 Å². The van der Waals surface area contributed by atoms with E-state index in [-0.39, 0.29) is 29.8 Å². The summed E-state index contributed by atoms with van der Waals surface area (Å²) in [5, 5.41) is 2.55. The maximum absolute atomic E-state index is 13.4. The number of nitrogens with zero attached hydrogens (tertiary/aromatic N) is 1. The lowest BCUT2D eigenvalue weighted by atomic mass is 10.1. The van der Waals surface area contributed by atoms with Gasteiger partial charge in [-0.15, -0.1) is 0 Å². The van der Waals surface area contributed by atoms with Gasteiger partial charge in [-0.2, -0.15) is 8.42 Å². The first-order chi connectivity index (χ1) is 14.0. The highest BCUT2D eigenvalue weighted by molar-refractivity contribution is 7.86. The summed E-state index contributed by atoms with van der Waals surface area (Å²) in [4.78, 5) is 14.3. The minimum atomic E-state index is -3.78. The normalized spacial score (nSPS) is 12.2. The summed E-state index contributed by atoms with van der Waals surface area (Å²) in [5.74, 6) is -1.85. The maximum Gasteiger partial charge on any atom is 0.322 e. The average molecular weight is 442 g/mol. The zero-order valence-electron chi connectivity index (χ0n) is 17.1. The van der Waals surface area contributed by atoms with E-state index >= 15 is 0 Å². The highest BCUT2D eigenvalue weighted by Crippen LogP contribution is 2.30. The molecule has 164 valence electrons. The molecule has 2 rings (SSSR count). The van der Waals surface area contributed by atoms with Crippen molar-refractivity contribution in [3.63, 3.8) is 0 Å². The summed E-state index contributed by atoms with van der Waals surface area (Å²) in [6, 6.07) is 7.06. The Morgan fingerprint density at radius 2 is 1.83 bits per heavy atom. The maximum atomic E-state index is 13.4. The third kappa shape index (κ3) is 6.31. The number of hydrogen-bond acceptors (Lipinski definition) is 5. The largest absolute Gasteiger partial charge is 0.493 e. The highest BCUT2D eigenvalue weighted by Gasteiger charge is 2.21. The molecule has 0 saturated carbocycles. The minimum absolute atomic E-state index is 0.00242. The Hall–Kier alpha value is -2.88. The van der Waals surface area contributed by atoms with Crippen LogP contribution in [0.15, 0.2) is 36.4 Å². The Balaban J connectivity index is 2.28. The van der Waals surface area contributed by atoms with Crippen LogP contribution >= 0.6 is 0 Å². The first-order valence-corrected chi connectivity index (χ1v) is 10.9. The summed E-state index contributed by atoms with van der Waals surface area (Å²) in [5.41, 5.74) is 0.707. The number of rotatable bonds is 8. The van der Waals surface area contributed by atoms with Gasteiger partial charge in [0.2, 0.25) is 0 Å². The van der Waals surface area contributed by atoms with E-state index in [0.29, 0.717) is 12.0 Å². The molecule has 0 fully saturated rings. The van der Waals surface area contributed by atoms with Crippen molar-refractivity contribution in [2.45, 2.75) is 32.9 Å². The monoisotopic (exact) mass is 442 g/mol. The number of methoxy groups -OCH3 is 1. The molecule has 0 aliphatic rings. The fourth-order valence-electron chi connectivity index (χ4n) is 2.66. The van der Waals surface area contributed by atoms with Crippen LogP contribution in [0.5, 0.6) is 11.5 Å². The lowest BCUT2D eigenvalue weighted by molar-refractivity contribution is 0.187. The average Bonchev–Trinajstić information content (AvgIpc) is 2.67. The molecule has 0 spiro atoms. The Morgan fingerprint density at radius 3 is 2.40 bits per heavy atom. The molecule has 0 aromatic heterocycles. The molecular weight excluding hydrogens is 418 g/mol. The number of nitrogens with one attached hydrogen (secondary N) is 1. The minimum Gasteiger partial charge on any atom is -0.493 e. The molecule has 10 heteroatoms. The number of urea groups is 1. The molecule has 0 radical (unpaired) electrons. The lowest BCUT2D eigenvalue weighted by Gasteiger charge is -2.29. The van der Waals surface area contributed by atoms with Crippen molar-refractivity contribution in [3.8, 4) is 11.5 Å². The molecule has 2 aromatic carbocycles. The molecule has 2 aromatic rings. The van der Waals surface area contributed by atoms with E-state index < -0.39 is 27.8 Å². The van der Waals surface area contributed by atoms with Gasteiger partial charge in [-0.3, -0.25) is 0 Å². The quantitative estimate of drug-likeness (QED) is 0.621. The summed E-state index contributed by atoms with van der Waals surface area (Å²) in [6.45, 7) is 3.85. The molecule has 0 bridgehead atoms. The first-order valence-electron chi connectivity index (χ1n) is 9.13. The van der Waals surface area contributed by atoms with E-state index in [2.05, 4.69) is 5.32 Å². The molecule has 0 heterocycles. The highest BCUT2D eigenvalue weighted by atomic mass is 32.2. The van der Waals surface area contributed by atoms with Crippen LogP contribution in [0.25, 0.3) is 0 Å². The van der Waals surface area contributed by atoms with Gasteiger partial charge >= 0.3 is 16.1 Å². The summed E-state index contributed by atoms with van der Waals surface area (Å²) >= 11 is 0. The molecule has 0 unspecified atom stereocenters. The predicted molar refractivity (Wildman–Crippen MR) is 109 cm³/mol. The van der Waals surface area contributed by atoms with Crippen molar-refractivity contribution in [2.75, 3.05) is 18.7 Å². The molecule has 1 atom stereocenters. The van der Waals surface area contributed by atoms with Gasteiger partial charge in [0.15, 0.2) is 23.1 Å². The van der Waals surface area contributed by atoms with E-state index in [1.807, 2.05) is 13.8 Å². The van der Waals surface area contributed by atoms with Crippen molar-refractivity contribution < 1.29 is 30.9 Å². The van der Waals surface area contributed by atoms with E-state index in [4.69, 9.17) is 8.92 Å². The van der Waals surface area contributed by atoms with Gasteiger partial charge in [-0.25, -0.2) is 13.6 Å². The van der Waals surface area contributed by atoms with Crippen molar-refractivity contribution >= 4 is 21.8 Å². The number of carbonyl (C=O) groups excluding carboxylic acids is 1. The molecule has 7 nitrogen and oxygen atoms in total. The first kappa shape index (κ1) is 23.4. The third-order valence-electron chi connectivity index (χ3n) is 4.38. The van der Waals surface area contributed by atoms with Crippen LogP contribution < -0.4 is 14.2 Å².